The second-order valence-corrected chi connectivity index (χ2v) is 5.17. The van der Waals surface area contributed by atoms with E-state index >= 15 is 0 Å². The predicted molar refractivity (Wildman–Crippen MR) is 83.4 cm³/mol. The number of anilines is 1. The monoisotopic (exact) mass is 286 g/mol. The van der Waals surface area contributed by atoms with Crippen molar-refractivity contribution in [1.82, 2.24) is 15.1 Å². The fourth-order valence-corrected chi connectivity index (χ4v) is 2.62. The molecule has 0 aliphatic carbocycles. The molecule has 2 aromatic rings. The maximum Gasteiger partial charge on any atom is 0.0642 e. The van der Waals surface area contributed by atoms with Gasteiger partial charge in [-0.05, 0) is 17.7 Å². The van der Waals surface area contributed by atoms with Gasteiger partial charge in [0.15, 0.2) is 0 Å². The summed E-state index contributed by atoms with van der Waals surface area (Å²) < 4.78 is 7.38. The number of hydrogen-bond acceptors (Lipinski definition) is 4. The van der Waals surface area contributed by atoms with Crippen LogP contribution in [0.15, 0.2) is 42.7 Å². The minimum atomic E-state index is 0.820. The molecule has 0 saturated carbocycles. The Kier molecular flexibility index (Phi) is 4.86. The number of nitrogens with zero attached hydrogens (tertiary/aromatic N) is 3. The van der Waals surface area contributed by atoms with Crippen molar-refractivity contribution in [1.29, 1.82) is 0 Å². The first-order valence-corrected chi connectivity index (χ1v) is 7.52. The molecule has 5 heteroatoms. The zero-order chi connectivity index (χ0) is 14.3. The SMILES string of the molecule is c1ccc(N2CCOCC2)c(CNCCn2cccn2)c1. The maximum absolute atomic E-state index is 5.43. The summed E-state index contributed by atoms with van der Waals surface area (Å²) in [5, 5.41) is 7.71. The molecular formula is C16H22N4O. The Labute approximate surface area is 125 Å². The van der Waals surface area contributed by atoms with Gasteiger partial charge in [0.1, 0.15) is 0 Å². The molecule has 0 spiro atoms. The molecule has 0 bridgehead atoms. The van der Waals surface area contributed by atoms with E-state index in [4.69, 9.17) is 4.74 Å². The van der Waals surface area contributed by atoms with E-state index in [0.29, 0.717) is 0 Å². The van der Waals surface area contributed by atoms with Crippen molar-refractivity contribution in [3.8, 4) is 0 Å². The molecule has 1 N–H and O–H groups in total. The fourth-order valence-electron chi connectivity index (χ4n) is 2.62. The van der Waals surface area contributed by atoms with E-state index in [0.717, 1.165) is 45.9 Å². The number of morpholine rings is 1. The molecule has 21 heavy (non-hydrogen) atoms. The minimum Gasteiger partial charge on any atom is -0.378 e. The Morgan fingerprint density at radius 3 is 2.81 bits per heavy atom. The average molecular weight is 286 g/mol. The second-order valence-electron chi connectivity index (χ2n) is 5.17. The largest absolute Gasteiger partial charge is 0.378 e. The molecule has 0 unspecified atom stereocenters. The standard InChI is InChI=1S/C16H22N4O/c1-2-5-16(19-10-12-21-13-11-19)15(4-1)14-17-7-9-20-8-3-6-18-20/h1-6,8,17H,7,9-14H2. The van der Waals surface area contributed by atoms with Crippen molar-refractivity contribution in [2.45, 2.75) is 13.1 Å². The van der Waals surface area contributed by atoms with Gasteiger partial charge in [0.2, 0.25) is 0 Å². The van der Waals surface area contributed by atoms with Crippen LogP contribution >= 0.6 is 0 Å². The zero-order valence-corrected chi connectivity index (χ0v) is 12.2. The molecule has 0 radical (unpaired) electrons. The van der Waals surface area contributed by atoms with Gasteiger partial charge in [0.05, 0.1) is 19.8 Å². The normalized spacial score (nSPS) is 15.3. The van der Waals surface area contributed by atoms with Crippen LogP contribution in [0.25, 0.3) is 0 Å². The Morgan fingerprint density at radius 2 is 2.00 bits per heavy atom. The van der Waals surface area contributed by atoms with Crippen LogP contribution in [0.4, 0.5) is 5.69 Å². The van der Waals surface area contributed by atoms with Crippen molar-refractivity contribution in [3.63, 3.8) is 0 Å². The van der Waals surface area contributed by atoms with Crippen LogP contribution in [0.3, 0.4) is 0 Å². The van der Waals surface area contributed by atoms with Gasteiger partial charge in [-0.3, -0.25) is 4.68 Å². The summed E-state index contributed by atoms with van der Waals surface area (Å²) in [6, 6.07) is 10.6. The van der Waals surface area contributed by atoms with Gasteiger partial charge >= 0.3 is 0 Å². The van der Waals surface area contributed by atoms with Crippen LogP contribution in [0.5, 0.6) is 0 Å². The number of ether oxygens (including phenoxy) is 1. The van der Waals surface area contributed by atoms with E-state index in [9.17, 15) is 0 Å². The highest BCUT2D eigenvalue weighted by molar-refractivity contribution is 5.53. The summed E-state index contributed by atoms with van der Waals surface area (Å²) in [4.78, 5) is 2.41. The molecule has 1 aliphatic rings. The Hall–Kier alpha value is -1.85. The van der Waals surface area contributed by atoms with Crippen LogP contribution < -0.4 is 10.2 Å². The first-order chi connectivity index (χ1) is 10.4. The van der Waals surface area contributed by atoms with E-state index in [1.165, 1.54) is 11.3 Å². The van der Waals surface area contributed by atoms with E-state index in [2.05, 4.69) is 39.6 Å². The summed E-state index contributed by atoms with van der Waals surface area (Å²) in [6.07, 6.45) is 3.80. The average Bonchev–Trinajstić information content (AvgIpc) is 3.06. The van der Waals surface area contributed by atoms with Crippen LogP contribution in [0.2, 0.25) is 0 Å². The Bertz CT molecular complexity index is 535. The number of para-hydroxylation sites is 1. The first kappa shape index (κ1) is 14.1. The molecule has 5 nitrogen and oxygen atoms in total. The van der Waals surface area contributed by atoms with E-state index in [-0.39, 0.29) is 0 Å². The molecule has 1 aromatic heterocycles. The summed E-state index contributed by atoms with van der Waals surface area (Å²) in [5.41, 5.74) is 2.67. The molecule has 1 aromatic carbocycles. The Morgan fingerprint density at radius 1 is 1.14 bits per heavy atom. The van der Waals surface area contributed by atoms with E-state index < -0.39 is 0 Å². The molecule has 1 saturated heterocycles. The first-order valence-electron chi connectivity index (χ1n) is 7.52. The molecule has 0 amide bonds. The zero-order valence-electron chi connectivity index (χ0n) is 12.2. The molecule has 0 atom stereocenters. The lowest BCUT2D eigenvalue weighted by Gasteiger charge is -2.30. The highest BCUT2D eigenvalue weighted by Crippen LogP contribution is 2.21. The van der Waals surface area contributed by atoms with Gasteiger partial charge in [0, 0.05) is 44.3 Å². The van der Waals surface area contributed by atoms with Gasteiger partial charge in [0.25, 0.3) is 0 Å². The third-order valence-corrected chi connectivity index (χ3v) is 3.74. The fraction of sp³-hybridized carbons (Fsp3) is 0.438. The lowest BCUT2D eigenvalue weighted by molar-refractivity contribution is 0.122. The lowest BCUT2D eigenvalue weighted by atomic mass is 10.1. The Balaban J connectivity index is 1.54. The quantitative estimate of drug-likeness (QED) is 0.817. The maximum atomic E-state index is 5.43. The predicted octanol–water partition coefficient (Wildman–Crippen LogP) is 1.51. The van der Waals surface area contributed by atoms with Crippen LogP contribution in [-0.2, 0) is 17.8 Å². The molecular weight excluding hydrogens is 264 g/mol. The van der Waals surface area contributed by atoms with Crippen LogP contribution in [0, 0.1) is 0 Å². The molecule has 1 fully saturated rings. The number of aromatic nitrogens is 2. The van der Waals surface area contributed by atoms with Gasteiger partial charge in [-0.2, -0.15) is 5.10 Å². The number of nitrogens with one attached hydrogen (secondary N) is 1. The summed E-state index contributed by atoms with van der Waals surface area (Å²) in [6.45, 7) is 6.29. The van der Waals surface area contributed by atoms with Crippen molar-refractivity contribution in [3.05, 3.63) is 48.3 Å². The van der Waals surface area contributed by atoms with E-state index in [1.807, 2.05) is 23.1 Å². The van der Waals surface area contributed by atoms with Gasteiger partial charge in [-0.25, -0.2) is 0 Å². The van der Waals surface area contributed by atoms with Gasteiger partial charge < -0.3 is 15.0 Å². The van der Waals surface area contributed by atoms with Crippen molar-refractivity contribution in [2.24, 2.45) is 0 Å². The number of hydrogen-bond donors (Lipinski definition) is 1. The van der Waals surface area contributed by atoms with Crippen LogP contribution in [-0.4, -0.2) is 42.6 Å². The number of rotatable bonds is 6. The van der Waals surface area contributed by atoms with Gasteiger partial charge in [-0.1, -0.05) is 18.2 Å². The van der Waals surface area contributed by atoms with Crippen LogP contribution in [0.1, 0.15) is 5.56 Å². The topological polar surface area (TPSA) is 42.3 Å². The third kappa shape index (κ3) is 3.83. The smallest absolute Gasteiger partial charge is 0.0642 e. The summed E-state index contributed by atoms with van der Waals surface area (Å²) in [5.74, 6) is 0. The van der Waals surface area contributed by atoms with Gasteiger partial charge in [-0.15, -0.1) is 0 Å². The molecule has 2 heterocycles. The highest BCUT2D eigenvalue weighted by Gasteiger charge is 2.13. The summed E-state index contributed by atoms with van der Waals surface area (Å²) >= 11 is 0. The van der Waals surface area contributed by atoms with E-state index in [1.54, 1.807) is 0 Å². The molecule has 112 valence electrons. The second kappa shape index (κ2) is 7.24. The van der Waals surface area contributed by atoms with Crippen molar-refractivity contribution in [2.75, 3.05) is 37.7 Å². The third-order valence-electron chi connectivity index (χ3n) is 3.74. The highest BCUT2D eigenvalue weighted by atomic mass is 16.5. The minimum absolute atomic E-state index is 0.820. The molecule has 3 rings (SSSR count). The van der Waals surface area contributed by atoms with Crippen molar-refractivity contribution < 1.29 is 4.74 Å². The van der Waals surface area contributed by atoms with Crippen molar-refractivity contribution >= 4 is 5.69 Å². The lowest BCUT2D eigenvalue weighted by Crippen LogP contribution is -2.37. The number of benzene rings is 1. The molecule has 1 aliphatic heterocycles. The summed E-state index contributed by atoms with van der Waals surface area (Å²) in [7, 11) is 0.